The van der Waals surface area contributed by atoms with E-state index in [1.165, 1.54) is 11.3 Å². The summed E-state index contributed by atoms with van der Waals surface area (Å²) >= 11 is 1.44. The van der Waals surface area contributed by atoms with E-state index in [4.69, 9.17) is 4.52 Å². The van der Waals surface area contributed by atoms with Crippen LogP contribution in [0.2, 0.25) is 0 Å². The number of likely N-dealkylation sites (tertiary alicyclic amines) is 1. The van der Waals surface area contributed by atoms with Crippen molar-refractivity contribution in [3.8, 4) is 11.3 Å². The van der Waals surface area contributed by atoms with Gasteiger partial charge in [-0.05, 0) is 32.6 Å². The highest BCUT2D eigenvalue weighted by Crippen LogP contribution is 2.25. The van der Waals surface area contributed by atoms with Crippen LogP contribution < -0.4 is 0 Å². The van der Waals surface area contributed by atoms with Crippen LogP contribution in [0.3, 0.4) is 0 Å². The fraction of sp³-hybridized carbons (Fsp3) is 0.389. The van der Waals surface area contributed by atoms with E-state index in [1.54, 1.807) is 17.1 Å². The van der Waals surface area contributed by atoms with Gasteiger partial charge in [0.05, 0.1) is 34.4 Å². The second-order valence-corrected chi connectivity index (χ2v) is 7.29. The van der Waals surface area contributed by atoms with Crippen LogP contribution in [-0.4, -0.2) is 44.0 Å². The summed E-state index contributed by atoms with van der Waals surface area (Å²) in [4.78, 5) is 27.4. The Morgan fingerprint density at radius 3 is 2.85 bits per heavy atom. The lowest BCUT2D eigenvalue weighted by atomic mass is 10.0. The van der Waals surface area contributed by atoms with Crippen LogP contribution in [0.25, 0.3) is 11.3 Å². The van der Waals surface area contributed by atoms with Crippen molar-refractivity contribution in [3.63, 3.8) is 0 Å². The van der Waals surface area contributed by atoms with Crippen molar-refractivity contribution in [2.75, 3.05) is 13.1 Å². The first-order valence-corrected chi connectivity index (χ1v) is 9.47. The second kappa shape index (κ2) is 6.95. The summed E-state index contributed by atoms with van der Waals surface area (Å²) in [7, 11) is 0. The molecule has 0 bridgehead atoms. The molecule has 134 valence electrons. The Hall–Kier alpha value is -2.61. The normalized spacial score (nSPS) is 17.0. The number of hydrogen-bond acceptors (Lipinski definition) is 7. The number of thiazole rings is 1. The van der Waals surface area contributed by atoms with Gasteiger partial charge in [-0.3, -0.25) is 14.8 Å². The van der Waals surface area contributed by atoms with E-state index in [0.29, 0.717) is 11.6 Å². The van der Waals surface area contributed by atoms with E-state index in [9.17, 15) is 4.79 Å². The number of amides is 1. The Balaban J connectivity index is 1.40. The standard InChI is InChI=1S/C18H19N5O2S/c1-11-17(12(2)25-22-11)15-7-19-14(6-20-15)5-13-3-4-23(8-13)18(24)16-9-26-10-21-16/h6-7,9-10,13H,3-5,8H2,1-2H3/t13-/m0/s1. The van der Waals surface area contributed by atoms with Crippen LogP contribution in [0.5, 0.6) is 0 Å². The van der Waals surface area contributed by atoms with Crippen molar-refractivity contribution in [1.82, 2.24) is 25.0 Å². The fourth-order valence-corrected chi connectivity index (χ4v) is 3.92. The van der Waals surface area contributed by atoms with Crippen LogP contribution in [0.15, 0.2) is 27.8 Å². The van der Waals surface area contributed by atoms with E-state index < -0.39 is 0 Å². The van der Waals surface area contributed by atoms with Crippen molar-refractivity contribution in [3.05, 3.63) is 46.1 Å². The summed E-state index contributed by atoms with van der Waals surface area (Å²) in [5, 5.41) is 5.76. The topological polar surface area (TPSA) is 85.0 Å². The first-order chi connectivity index (χ1) is 12.6. The first kappa shape index (κ1) is 16.8. The maximum Gasteiger partial charge on any atom is 0.273 e. The lowest BCUT2D eigenvalue weighted by Gasteiger charge is -2.15. The van der Waals surface area contributed by atoms with Gasteiger partial charge in [0, 0.05) is 24.7 Å². The third kappa shape index (κ3) is 3.24. The van der Waals surface area contributed by atoms with E-state index in [2.05, 4.69) is 20.1 Å². The predicted molar refractivity (Wildman–Crippen MR) is 96.8 cm³/mol. The molecular weight excluding hydrogens is 350 g/mol. The van der Waals surface area contributed by atoms with Crippen LogP contribution >= 0.6 is 11.3 Å². The van der Waals surface area contributed by atoms with Crippen molar-refractivity contribution in [2.45, 2.75) is 26.7 Å². The van der Waals surface area contributed by atoms with E-state index in [0.717, 1.165) is 54.3 Å². The highest BCUT2D eigenvalue weighted by Gasteiger charge is 2.28. The molecule has 1 atom stereocenters. The zero-order valence-electron chi connectivity index (χ0n) is 14.7. The van der Waals surface area contributed by atoms with Gasteiger partial charge < -0.3 is 9.42 Å². The number of hydrogen-bond donors (Lipinski definition) is 0. The smallest absolute Gasteiger partial charge is 0.273 e. The Labute approximate surface area is 155 Å². The largest absolute Gasteiger partial charge is 0.361 e. The molecule has 0 N–H and O–H groups in total. The Kier molecular flexibility index (Phi) is 4.50. The molecular formula is C18H19N5O2S. The molecule has 8 heteroatoms. The summed E-state index contributed by atoms with van der Waals surface area (Å²) in [6, 6.07) is 0. The second-order valence-electron chi connectivity index (χ2n) is 6.58. The first-order valence-electron chi connectivity index (χ1n) is 8.53. The molecule has 0 spiro atoms. The maximum atomic E-state index is 12.4. The van der Waals surface area contributed by atoms with Gasteiger partial charge in [0.1, 0.15) is 11.5 Å². The number of carbonyl (C=O) groups is 1. The molecule has 7 nitrogen and oxygen atoms in total. The van der Waals surface area contributed by atoms with Crippen molar-refractivity contribution >= 4 is 17.2 Å². The quantitative estimate of drug-likeness (QED) is 0.703. The Morgan fingerprint density at radius 2 is 2.19 bits per heavy atom. The SMILES string of the molecule is Cc1noc(C)c1-c1cnc(C[C@@H]2CCN(C(=O)c3cscn3)C2)cn1. The number of aryl methyl sites for hydroxylation is 2. The molecule has 0 unspecified atom stereocenters. The molecule has 3 aromatic heterocycles. The fourth-order valence-electron chi connectivity index (χ4n) is 3.40. The predicted octanol–water partition coefficient (Wildman–Crippen LogP) is 2.91. The maximum absolute atomic E-state index is 12.4. The van der Waals surface area contributed by atoms with Crippen LogP contribution in [0.1, 0.15) is 34.1 Å². The van der Waals surface area contributed by atoms with Crippen molar-refractivity contribution < 1.29 is 9.32 Å². The Bertz CT molecular complexity index is 885. The molecule has 0 radical (unpaired) electrons. The highest BCUT2D eigenvalue weighted by molar-refractivity contribution is 7.07. The minimum atomic E-state index is 0.0218. The Morgan fingerprint density at radius 1 is 1.31 bits per heavy atom. The molecule has 1 saturated heterocycles. The number of nitrogens with zero attached hydrogens (tertiary/aromatic N) is 5. The third-order valence-electron chi connectivity index (χ3n) is 4.72. The lowest BCUT2D eigenvalue weighted by Crippen LogP contribution is -2.29. The molecule has 0 aliphatic carbocycles. The van der Waals surface area contributed by atoms with Gasteiger partial charge in [0.25, 0.3) is 5.91 Å². The number of aromatic nitrogens is 4. The highest BCUT2D eigenvalue weighted by atomic mass is 32.1. The lowest BCUT2D eigenvalue weighted by molar-refractivity contribution is 0.0782. The average molecular weight is 369 g/mol. The summed E-state index contributed by atoms with van der Waals surface area (Å²) in [6.07, 6.45) is 5.38. The number of carbonyl (C=O) groups excluding carboxylic acids is 1. The van der Waals surface area contributed by atoms with Gasteiger partial charge in [-0.15, -0.1) is 11.3 Å². The van der Waals surface area contributed by atoms with Crippen LogP contribution in [0, 0.1) is 19.8 Å². The molecule has 1 amide bonds. The van der Waals surface area contributed by atoms with Crippen molar-refractivity contribution in [1.29, 1.82) is 0 Å². The van der Waals surface area contributed by atoms with Gasteiger partial charge in [0.15, 0.2) is 0 Å². The van der Waals surface area contributed by atoms with Crippen LogP contribution in [0.4, 0.5) is 0 Å². The molecule has 1 aliphatic heterocycles. The summed E-state index contributed by atoms with van der Waals surface area (Å²) < 4.78 is 5.19. The average Bonchev–Trinajstić information content (AvgIpc) is 3.38. The summed E-state index contributed by atoms with van der Waals surface area (Å²) in [5.41, 5.74) is 5.67. The number of rotatable bonds is 4. The zero-order valence-corrected chi connectivity index (χ0v) is 15.5. The summed E-state index contributed by atoms with van der Waals surface area (Å²) in [5.74, 6) is 1.17. The molecule has 1 fully saturated rings. The minimum absolute atomic E-state index is 0.0218. The molecule has 0 saturated carbocycles. The van der Waals surface area contributed by atoms with Crippen molar-refractivity contribution in [2.24, 2.45) is 5.92 Å². The molecule has 4 rings (SSSR count). The van der Waals surface area contributed by atoms with E-state index >= 15 is 0 Å². The molecule has 3 aromatic rings. The zero-order chi connectivity index (χ0) is 18.1. The molecule has 4 heterocycles. The third-order valence-corrected chi connectivity index (χ3v) is 5.30. The van der Waals surface area contributed by atoms with Gasteiger partial charge in [-0.25, -0.2) is 4.98 Å². The van der Waals surface area contributed by atoms with Gasteiger partial charge in [0.2, 0.25) is 0 Å². The molecule has 26 heavy (non-hydrogen) atoms. The minimum Gasteiger partial charge on any atom is -0.361 e. The van der Waals surface area contributed by atoms with Crippen LogP contribution in [-0.2, 0) is 6.42 Å². The van der Waals surface area contributed by atoms with Gasteiger partial charge in [-0.2, -0.15) is 0 Å². The molecule has 0 aromatic carbocycles. The molecule has 1 aliphatic rings. The summed E-state index contributed by atoms with van der Waals surface area (Å²) in [6.45, 7) is 5.28. The monoisotopic (exact) mass is 369 g/mol. The van der Waals surface area contributed by atoms with Gasteiger partial charge in [-0.1, -0.05) is 5.16 Å². The van der Waals surface area contributed by atoms with E-state index in [1.807, 2.05) is 24.9 Å². The van der Waals surface area contributed by atoms with Gasteiger partial charge >= 0.3 is 0 Å². The van der Waals surface area contributed by atoms with E-state index in [-0.39, 0.29) is 5.91 Å².